The van der Waals surface area contributed by atoms with Crippen molar-refractivity contribution in [1.82, 2.24) is 4.98 Å². The highest BCUT2D eigenvalue weighted by Crippen LogP contribution is 2.22. The second kappa shape index (κ2) is 3.92. The quantitative estimate of drug-likeness (QED) is 0.715. The summed E-state index contributed by atoms with van der Waals surface area (Å²) in [6.07, 6.45) is 3.53. The molecule has 0 N–H and O–H groups in total. The molecular formula is C12H10NO. The lowest BCUT2D eigenvalue weighted by Gasteiger charge is -2.03. The predicted molar refractivity (Wildman–Crippen MR) is 55.1 cm³/mol. The van der Waals surface area contributed by atoms with Crippen LogP contribution in [0.15, 0.2) is 42.7 Å². The first-order valence-corrected chi connectivity index (χ1v) is 4.36. The van der Waals surface area contributed by atoms with Gasteiger partial charge in [0.05, 0.1) is 7.11 Å². The van der Waals surface area contributed by atoms with E-state index < -0.39 is 0 Å². The van der Waals surface area contributed by atoms with Crippen LogP contribution in [-0.4, -0.2) is 12.1 Å². The first-order chi connectivity index (χ1) is 6.90. The lowest BCUT2D eigenvalue weighted by molar-refractivity contribution is 0.415. The monoisotopic (exact) mass is 184 g/mol. The zero-order chi connectivity index (χ0) is 9.80. The normalized spacial score (nSPS) is 9.79. The van der Waals surface area contributed by atoms with E-state index in [2.05, 4.69) is 11.1 Å². The standard InChI is InChI=1S/C12H10NO/c1-14-12-4-2-3-11(9-12)10-5-7-13-8-6-10/h2,4-9H,1H3. The van der Waals surface area contributed by atoms with Crippen LogP contribution < -0.4 is 4.74 Å². The fourth-order valence-electron chi connectivity index (χ4n) is 1.27. The second-order valence-corrected chi connectivity index (χ2v) is 2.88. The largest absolute Gasteiger partial charge is 0.497 e. The SMILES string of the molecule is COc1cc[c]c(-c2ccncc2)c1. The molecule has 0 fully saturated rings. The van der Waals surface area contributed by atoms with Gasteiger partial charge in [-0.2, -0.15) is 0 Å². The van der Waals surface area contributed by atoms with Gasteiger partial charge >= 0.3 is 0 Å². The van der Waals surface area contributed by atoms with Gasteiger partial charge in [-0.1, -0.05) is 6.07 Å². The van der Waals surface area contributed by atoms with Gasteiger partial charge in [0, 0.05) is 12.4 Å². The molecule has 0 atom stereocenters. The van der Waals surface area contributed by atoms with Gasteiger partial charge in [0.15, 0.2) is 0 Å². The maximum absolute atomic E-state index is 5.14. The van der Waals surface area contributed by atoms with E-state index in [-0.39, 0.29) is 0 Å². The van der Waals surface area contributed by atoms with Crippen LogP contribution in [0.2, 0.25) is 0 Å². The minimum absolute atomic E-state index is 0.843. The summed E-state index contributed by atoms with van der Waals surface area (Å²) in [5.41, 5.74) is 2.12. The second-order valence-electron chi connectivity index (χ2n) is 2.88. The summed E-state index contributed by atoms with van der Waals surface area (Å²) in [6.45, 7) is 0. The summed E-state index contributed by atoms with van der Waals surface area (Å²) in [4.78, 5) is 3.97. The van der Waals surface area contributed by atoms with Crippen LogP contribution in [0, 0.1) is 6.07 Å². The average Bonchev–Trinajstić information content (AvgIpc) is 2.30. The topological polar surface area (TPSA) is 22.1 Å². The van der Waals surface area contributed by atoms with Gasteiger partial charge in [0.2, 0.25) is 0 Å². The van der Waals surface area contributed by atoms with Crippen LogP contribution in [0.5, 0.6) is 5.75 Å². The van der Waals surface area contributed by atoms with Gasteiger partial charge in [0.25, 0.3) is 0 Å². The molecule has 0 aliphatic carbocycles. The number of methoxy groups -OCH3 is 1. The van der Waals surface area contributed by atoms with Crippen molar-refractivity contribution in [3.63, 3.8) is 0 Å². The molecule has 0 aliphatic rings. The maximum atomic E-state index is 5.14. The highest BCUT2D eigenvalue weighted by atomic mass is 16.5. The number of benzene rings is 1. The molecule has 2 nitrogen and oxygen atoms in total. The summed E-state index contributed by atoms with van der Waals surface area (Å²) in [5.74, 6) is 0.843. The third-order valence-corrected chi connectivity index (χ3v) is 2.00. The number of rotatable bonds is 2. The summed E-state index contributed by atoms with van der Waals surface area (Å²) in [5, 5.41) is 0. The minimum Gasteiger partial charge on any atom is -0.497 e. The summed E-state index contributed by atoms with van der Waals surface area (Å²) >= 11 is 0. The Morgan fingerprint density at radius 3 is 2.71 bits per heavy atom. The molecule has 1 aromatic carbocycles. The number of hydrogen-bond acceptors (Lipinski definition) is 2. The molecule has 0 bridgehead atoms. The Morgan fingerprint density at radius 2 is 2.00 bits per heavy atom. The molecule has 0 aliphatic heterocycles. The average molecular weight is 184 g/mol. The maximum Gasteiger partial charge on any atom is 0.119 e. The molecular weight excluding hydrogens is 174 g/mol. The van der Waals surface area contributed by atoms with Crippen molar-refractivity contribution in [1.29, 1.82) is 0 Å². The summed E-state index contributed by atoms with van der Waals surface area (Å²) in [6, 6.07) is 12.7. The molecule has 0 unspecified atom stereocenters. The number of ether oxygens (including phenoxy) is 1. The van der Waals surface area contributed by atoms with Crippen LogP contribution in [0.4, 0.5) is 0 Å². The molecule has 0 saturated carbocycles. The highest BCUT2D eigenvalue weighted by Gasteiger charge is 1.98. The molecule has 2 rings (SSSR count). The van der Waals surface area contributed by atoms with E-state index in [1.807, 2.05) is 30.3 Å². The van der Waals surface area contributed by atoms with E-state index in [1.54, 1.807) is 19.5 Å². The smallest absolute Gasteiger partial charge is 0.119 e. The van der Waals surface area contributed by atoms with Gasteiger partial charge in [-0.15, -0.1) is 0 Å². The molecule has 2 heteroatoms. The van der Waals surface area contributed by atoms with E-state index >= 15 is 0 Å². The fraction of sp³-hybridized carbons (Fsp3) is 0.0833. The van der Waals surface area contributed by atoms with E-state index in [4.69, 9.17) is 4.74 Å². The Kier molecular flexibility index (Phi) is 2.45. The molecule has 14 heavy (non-hydrogen) atoms. The molecule has 0 amide bonds. The van der Waals surface area contributed by atoms with Crippen molar-refractivity contribution < 1.29 is 4.74 Å². The van der Waals surface area contributed by atoms with Crippen molar-refractivity contribution in [2.45, 2.75) is 0 Å². The molecule has 69 valence electrons. The van der Waals surface area contributed by atoms with Crippen molar-refractivity contribution in [3.05, 3.63) is 48.8 Å². The third-order valence-electron chi connectivity index (χ3n) is 2.00. The van der Waals surface area contributed by atoms with Gasteiger partial charge in [-0.25, -0.2) is 0 Å². The lowest BCUT2D eigenvalue weighted by atomic mass is 10.1. The molecule has 1 radical (unpaired) electrons. The number of pyridine rings is 1. The molecule has 1 heterocycles. The van der Waals surface area contributed by atoms with Crippen LogP contribution in [-0.2, 0) is 0 Å². The first kappa shape index (κ1) is 8.75. The molecule has 0 spiro atoms. The van der Waals surface area contributed by atoms with Crippen molar-refractivity contribution in [3.8, 4) is 16.9 Å². The van der Waals surface area contributed by atoms with Crippen molar-refractivity contribution in [2.24, 2.45) is 0 Å². The van der Waals surface area contributed by atoms with Crippen molar-refractivity contribution >= 4 is 0 Å². The zero-order valence-corrected chi connectivity index (χ0v) is 7.90. The van der Waals surface area contributed by atoms with Gasteiger partial charge in [-0.3, -0.25) is 4.98 Å². The molecule has 0 saturated heterocycles. The fourth-order valence-corrected chi connectivity index (χ4v) is 1.27. The zero-order valence-electron chi connectivity index (χ0n) is 7.90. The summed E-state index contributed by atoms with van der Waals surface area (Å²) in [7, 11) is 1.66. The first-order valence-electron chi connectivity index (χ1n) is 4.36. The van der Waals surface area contributed by atoms with E-state index in [0.717, 1.165) is 16.9 Å². The Hall–Kier alpha value is -1.83. The van der Waals surface area contributed by atoms with Gasteiger partial charge in [-0.05, 0) is 41.5 Å². The predicted octanol–water partition coefficient (Wildman–Crippen LogP) is 2.56. The van der Waals surface area contributed by atoms with Crippen molar-refractivity contribution in [2.75, 3.05) is 7.11 Å². The van der Waals surface area contributed by atoms with Crippen LogP contribution in [0.1, 0.15) is 0 Å². The Labute approximate surface area is 83.2 Å². The third kappa shape index (κ3) is 1.74. The minimum atomic E-state index is 0.843. The molecule has 2 aromatic rings. The molecule has 1 aromatic heterocycles. The Balaban J connectivity index is 2.42. The lowest BCUT2D eigenvalue weighted by Crippen LogP contribution is -1.84. The summed E-state index contributed by atoms with van der Waals surface area (Å²) < 4.78 is 5.14. The van der Waals surface area contributed by atoms with Crippen LogP contribution >= 0.6 is 0 Å². The number of nitrogens with zero attached hydrogens (tertiary/aromatic N) is 1. The van der Waals surface area contributed by atoms with Crippen LogP contribution in [0.25, 0.3) is 11.1 Å². The van der Waals surface area contributed by atoms with Gasteiger partial charge in [0.1, 0.15) is 5.75 Å². The number of aromatic nitrogens is 1. The van der Waals surface area contributed by atoms with Gasteiger partial charge < -0.3 is 4.74 Å². The van der Waals surface area contributed by atoms with E-state index in [0.29, 0.717) is 0 Å². The van der Waals surface area contributed by atoms with Crippen LogP contribution in [0.3, 0.4) is 0 Å². The van der Waals surface area contributed by atoms with E-state index in [1.165, 1.54) is 0 Å². The Bertz CT molecular complexity index is 412. The Morgan fingerprint density at radius 1 is 1.21 bits per heavy atom. The highest BCUT2D eigenvalue weighted by molar-refractivity contribution is 5.63. The number of hydrogen-bond donors (Lipinski definition) is 0. The van der Waals surface area contributed by atoms with E-state index in [9.17, 15) is 0 Å².